The Morgan fingerprint density at radius 2 is 1.52 bits per heavy atom. The van der Waals surface area contributed by atoms with Crippen molar-refractivity contribution in [3.8, 4) is 0 Å². The molecule has 3 unspecified atom stereocenters. The summed E-state index contributed by atoms with van der Waals surface area (Å²) in [6.07, 6.45) is -0.108. The second-order valence-electron chi connectivity index (χ2n) is 6.11. The first-order valence-electron chi connectivity index (χ1n) is 8.01. The molecule has 2 aromatic rings. The minimum Gasteiger partial charge on any atom is -0.469 e. The van der Waals surface area contributed by atoms with Crippen LogP contribution in [0, 0.1) is 17.8 Å². The van der Waals surface area contributed by atoms with Gasteiger partial charge in [-0.15, -0.1) is 0 Å². The number of hydrogen-bond donors (Lipinski definition) is 0. The molecule has 0 saturated heterocycles. The van der Waals surface area contributed by atoms with Gasteiger partial charge in [-0.1, -0.05) is 67.6 Å². The van der Waals surface area contributed by atoms with E-state index in [-0.39, 0.29) is 23.9 Å². The summed E-state index contributed by atoms with van der Waals surface area (Å²) in [6.45, 7) is 2.64. The molecule has 0 amide bonds. The molecule has 3 rings (SSSR count). The van der Waals surface area contributed by atoms with Crippen molar-refractivity contribution in [1.29, 1.82) is 0 Å². The predicted octanol–water partition coefficient (Wildman–Crippen LogP) is 3.85. The molecule has 2 aromatic carbocycles. The van der Waals surface area contributed by atoms with Crippen LogP contribution in [0.1, 0.15) is 24.2 Å². The maximum atomic E-state index is 11.7. The van der Waals surface area contributed by atoms with Crippen LogP contribution in [0.15, 0.2) is 60.7 Å². The van der Waals surface area contributed by atoms with Crippen molar-refractivity contribution in [3.63, 3.8) is 0 Å². The molecule has 3 heteroatoms. The van der Waals surface area contributed by atoms with E-state index in [1.165, 1.54) is 7.11 Å². The van der Waals surface area contributed by atoms with E-state index in [2.05, 4.69) is 31.2 Å². The van der Waals surface area contributed by atoms with Crippen LogP contribution in [-0.2, 0) is 14.3 Å². The Kier molecular flexibility index (Phi) is 4.77. The van der Waals surface area contributed by atoms with Crippen molar-refractivity contribution in [2.45, 2.75) is 13.0 Å². The van der Waals surface area contributed by atoms with Crippen molar-refractivity contribution in [1.82, 2.24) is 0 Å². The summed E-state index contributed by atoms with van der Waals surface area (Å²) in [5.74, 6) is 0.432. The number of hydrogen-bond acceptors (Lipinski definition) is 3. The van der Waals surface area contributed by atoms with Crippen LogP contribution in [-0.4, -0.2) is 19.7 Å². The first-order chi connectivity index (χ1) is 11.2. The smallest absolute Gasteiger partial charge is 0.309 e. The zero-order chi connectivity index (χ0) is 16.2. The third-order valence-electron chi connectivity index (χ3n) is 4.70. The highest BCUT2D eigenvalue weighted by molar-refractivity contribution is 5.76. The first kappa shape index (κ1) is 15.8. The molecule has 120 valence electrons. The number of ether oxygens (including phenoxy) is 2. The molecule has 0 heterocycles. The maximum Gasteiger partial charge on any atom is 0.309 e. The fraction of sp³-hybridized carbons (Fsp3) is 0.350. The SMILES string of the molecule is COC(=O)C1C(C)C1COC(c1ccccc1)c1ccccc1. The molecule has 1 aliphatic rings. The Bertz CT molecular complexity index is 599. The van der Waals surface area contributed by atoms with Crippen LogP contribution in [0.3, 0.4) is 0 Å². The fourth-order valence-corrected chi connectivity index (χ4v) is 3.17. The molecule has 0 radical (unpaired) electrons. The van der Waals surface area contributed by atoms with Crippen LogP contribution >= 0.6 is 0 Å². The number of carbonyl (C=O) groups excluding carboxylic acids is 1. The molecule has 23 heavy (non-hydrogen) atoms. The van der Waals surface area contributed by atoms with Crippen molar-refractivity contribution in [2.75, 3.05) is 13.7 Å². The Labute approximate surface area is 137 Å². The van der Waals surface area contributed by atoms with E-state index in [0.29, 0.717) is 12.5 Å². The van der Waals surface area contributed by atoms with Crippen LogP contribution in [0.25, 0.3) is 0 Å². The number of benzene rings is 2. The first-order valence-corrected chi connectivity index (χ1v) is 8.01. The van der Waals surface area contributed by atoms with E-state index in [4.69, 9.17) is 9.47 Å². The van der Waals surface area contributed by atoms with Crippen LogP contribution < -0.4 is 0 Å². The summed E-state index contributed by atoms with van der Waals surface area (Å²) in [7, 11) is 1.45. The van der Waals surface area contributed by atoms with Gasteiger partial charge < -0.3 is 9.47 Å². The lowest BCUT2D eigenvalue weighted by atomic mass is 10.0. The van der Waals surface area contributed by atoms with E-state index in [9.17, 15) is 4.79 Å². The second kappa shape index (κ2) is 6.97. The van der Waals surface area contributed by atoms with E-state index in [0.717, 1.165) is 11.1 Å². The van der Waals surface area contributed by atoms with E-state index in [1.807, 2.05) is 36.4 Å². The summed E-state index contributed by atoms with van der Waals surface area (Å²) < 4.78 is 11.1. The number of methoxy groups -OCH3 is 1. The lowest BCUT2D eigenvalue weighted by molar-refractivity contribution is -0.143. The van der Waals surface area contributed by atoms with Gasteiger partial charge in [-0.2, -0.15) is 0 Å². The van der Waals surface area contributed by atoms with Crippen LogP contribution in [0.4, 0.5) is 0 Å². The van der Waals surface area contributed by atoms with Crippen LogP contribution in [0.5, 0.6) is 0 Å². The molecule has 0 N–H and O–H groups in total. The van der Waals surface area contributed by atoms with E-state index in [1.54, 1.807) is 0 Å². The quantitative estimate of drug-likeness (QED) is 0.760. The van der Waals surface area contributed by atoms with Crippen molar-refractivity contribution in [3.05, 3.63) is 71.8 Å². The van der Waals surface area contributed by atoms with Gasteiger partial charge in [0.05, 0.1) is 19.6 Å². The molecule has 0 spiro atoms. The van der Waals surface area contributed by atoms with Gasteiger partial charge in [0, 0.05) is 0 Å². The molecule has 0 aliphatic heterocycles. The number of rotatable bonds is 6. The minimum atomic E-state index is -0.123. The van der Waals surface area contributed by atoms with Gasteiger partial charge in [0.15, 0.2) is 0 Å². The lowest BCUT2D eigenvalue weighted by Crippen LogP contribution is -2.11. The fourth-order valence-electron chi connectivity index (χ4n) is 3.17. The normalized spacial score (nSPS) is 22.8. The predicted molar refractivity (Wildman–Crippen MR) is 88.8 cm³/mol. The molecular formula is C20H22O3. The molecule has 0 aromatic heterocycles. The summed E-state index contributed by atoms with van der Waals surface area (Å²) in [5, 5.41) is 0. The van der Waals surface area contributed by atoms with Crippen LogP contribution in [0.2, 0.25) is 0 Å². The molecular weight excluding hydrogens is 288 g/mol. The summed E-state index contributed by atoms with van der Waals surface area (Å²) in [4.78, 5) is 11.7. The highest BCUT2D eigenvalue weighted by Crippen LogP contribution is 2.47. The minimum absolute atomic E-state index is 0.0211. The van der Waals surface area contributed by atoms with Gasteiger partial charge in [-0.3, -0.25) is 4.79 Å². The summed E-state index contributed by atoms with van der Waals surface area (Å²) >= 11 is 0. The van der Waals surface area contributed by atoms with Gasteiger partial charge in [-0.25, -0.2) is 0 Å². The largest absolute Gasteiger partial charge is 0.469 e. The highest BCUT2D eigenvalue weighted by Gasteiger charge is 2.52. The van der Waals surface area contributed by atoms with E-state index < -0.39 is 0 Å². The molecule has 1 saturated carbocycles. The van der Waals surface area contributed by atoms with Crippen molar-refractivity contribution in [2.24, 2.45) is 17.8 Å². The van der Waals surface area contributed by atoms with Gasteiger partial charge in [-0.05, 0) is 23.0 Å². The van der Waals surface area contributed by atoms with Gasteiger partial charge in [0.1, 0.15) is 6.10 Å². The zero-order valence-electron chi connectivity index (χ0n) is 13.5. The summed E-state index contributed by atoms with van der Waals surface area (Å²) in [6, 6.07) is 20.4. The lowest BCUT2D eigenvalue weighted by Gasteiger charge is -2.19. The second-order valence-corrected chi connectivity index (χ2v) is 6.11. The molecule has 3 atom stereocenters. The Morgan fingerprint density at radius 3 is 2.00 bits per heavy atom. The number of carbonyl (C=O) groups is 1. The van der Waals surface area contributed by atoms with E-state index >= 15 is 0 Å². The topological polar surface area (TPSA) is 35.5 Å². The summed E-state index contributed by atoms with van der Waals surface area (Å²) in [5.41, 5.74) is 2.25. The Balaban J connectivity index is 1.72. The third-order valence-corrected chi connectivity index (χ3v) is 4.70. The van der Waals surface area contributed by atoms with Gasteiger partial charge >= 0.3 is 5.97 Å². The monoisotopic (exact) mass is 310 g/mol. The Morgan fingerprint density at radius 1 is 1.00 bits per heavy atom. The zero-order valence-corrected chi connectivity index (χ0v) is 13.5. The van der Waals surface area contributed by atoms with Gasteiger partial charge in [0.25, 0.3) is 0 Å². The molecule has 1 aliphatic carbocycles. The molecule has 0 bridgehead atoms. The molecule has 3 nitrogen and oxygen atoms in total. The number of esters is 1. The van der Waals surface area contributed by atoms with Crippen molar-refractivity contribution >= 4 is 5.97 Å². The average Bonchev–Trinajstić information content (AvgIpc) is 3.26. The standard InChI is InChI=1S/C20H22O3/c1-14-17(18(14)20(21)22-2)13-23-19(15-9-5-3-6-10-15)16-11-7-4-8-12-16/h3-12,14,17-19H,13H2,1-2H3. The maximum absolute atomic E-state index is 11.7. The van der Waals surface area contributed by atoms with Crippen molar-refractivity contribution < 1.29 is 14.3 Å². The molecule has 1 fully saturated rings. The highest BCUT2D eigenvalue weighted by atomic mass is 16.5. The average molecular weight is 310 g/mol. The van der Waals surface area contributed by atoms with Gasteiger partial charge in [0.2, 0.25) is 0 Å². The third kappa shape index (κ3) is 3.45. The Hall–Kier alpha value is -2.13.